The highest BCUT2D eigenvalue weighted by atomic mass is 32.1. The predicted octanol–water partition coefficient (Wildman–Crippen LogP) is 4.13. The van der Waals surface area contributed by atoms with Crippen molar-refractivity contribution >= 4 is 28.7 Å². The first-order valence-electron chi connectivity index (χ1n) is 8.01. The molecular formula is C17H24N2O2S. The van der Waals surface area contributed by atoms with Crippen LogP contribution in [-0.2, 0) is 4.79 Å². The standard InChI is InChI=1S/C11H12N2O2S.C6H12/c1-7-8(2)12-13(11(7)15)5-10(14)9-3-4-16-6-9;1-2-4-6-5-3-1/h3-4,6-7H,5H2,1-2H3;1-6H2/t7-;/m0./s1. The lowest BCUT2D eigenvalue weighted by atomic mass is 10.0. The lowest BCUT2D eigenvalue weighted by Gasteiger charge is -2.10. The summed E-state index contributed by atoms with van der Waals surface area (Å²) in [6.45, 7) is 3.64. The Bertz CT molecular complexity index is 521. The van der Waals surface area contributed by atoms with Crippen molar-refractivity contribution in [3.63, 3.8) is 0 Å². The Balaban J connectivity index is 0.000000246. The fourth-order valence-corrected chi connectivity index (χ4v) is 3.21. The molecule has 1 saturated carbocycles. The SMILES string of the molecule is C1CCCCC1.CC1=NN(CC(=O)c2ccsc2)C(=O)[C@H]1C. The number of nitrogens with zero attached hydrogens (tertiary/aromatic N) is 2. The minimum Gasteiger partial charge on any atom is -0.292 e. The number of thiophene rings is 1. The van der Waals surface area contributed by atoms with Gasteiger partial charge in [-0.3, -0.25) is 9.59 Å². The molecule has 3 rings (SSSR count). The highest BCUT2D eigenvalue weighted by molar-refractivity contribution is 7.08. The van der Waals surface area contributed by atoms with Gasteiger partial charge in [0.25, 0.3) is 5.91 Å². The van der Waals surface area contributed by atoms with Crippen LogP contribution in [0, 0.1) is 5.92 Å². The molecule has 1 atom stereocenters. The van der Waals surface area contributed by atoms with Gasteiger partial charge in [-0.05, 0) is 25.3 Å². The van der Waals surface area contributed by atoms with Crippen LogP contribution < -0.4 is 0 Å². The minimum absolute atomic E-state index is 0.0389. The third kappa shape index (κ3) is 4.50. The van der Waals surface area contributed by atoms with Gasteiger partial charge in [-0.1, -0.05) is 38.5 Å². The zero-order valence-electron chi connectivity index (χ0n) is 13.4. The molecule has 1 aromatic heterocycles. The summed E-state index contributed by atoms with van der Waals surface area (Å²) in [6.07, 6.45) is 9.00. The third-order valence-corrected chi connectivity index (χ3v) is 4.85. The topological polar surface area (TPSA) is 49.7 Å². The number of carbonyl (C=O) groups is 2. The molecule has 120 valence electrons. The summed E-state index contributed by atoms with van der Waals surface area (Å²) in [5, 5.41) is 8.97. The molecule has 0 spiro atoms. The molecule has 22 heavy (non-hydrogen) atoms. The van der Waals surface area contributed by atoms with Crippen molar-refractivity contribution in [3.05, 3.63) is 22.4 Å². The Kier molecular flexibility index (Phi) is 6.31. The first-order chi connectivity index (χ1) is 10.6. The summed E-state index contributed by atoms with van der Waals surface area (Å²) < 4.78 is 0. The number of ketones is 1. The molecule has 0 bridgehead atoms. The van der Waals surface area contributed by atoms with E-state index in [2.05, 4.69) is 5.10 Å². The summed E-state index contributed by atoms with van der Waals surface area (Å²) in [4.78, 5) is 23.4. The summed E-state index contributed by atoms with van der Waals surface area (Å²) >= 11 is 1.47. The van der Waals surface area contributed by atoms with E-state index in [0.29, 0.717) is 5.56 Å². The Morgan fingerprint density at radius 1 is 1.27 bits per heavy atom. The van der Waals surface area contributed by atoms with Gasteiger partial charge in [0.1, 0.15) is 6.54 Å². The average molecular weight is 320 g/mol. The molecule has 2 heterocycles. The van der Waals surface area contributed by atoms with E-state index in [9.17, 15) is 9.59 Å². The van der Waals surface area contributed by atoms with Crippen molar-refractivity contribution in [2.45, 2.75) is 52.4 Å². The number of carbonyl (C=O) groups excluding carboxylic acids is 2. The lowest BCUT2D eigenvalue weighted by molar-refractivity contribution is -0.130. The monoisotopic (exact) mass is 320 g/mol. The van der Waals surface area contributed by atoms with Crippen LogP contribution in [0.4, 0.5) is 0 Å². The second-order valence-corrected chi connectivity index (χ2v) is 6.70. The third-order valence-electron chi connectivity index (χ3n) is 4.17. The second kappa shape index (κ2) is 8.22. The van der Waals surface area contributed by atoms with Gasteiger partial charge in [-0.25, -0.2) is 5.01 Å². The maximum absolute atomic E-state index is 11.8. The van der Waals surface area contributed by atoms with Crippen molar-refractivity contribution < 1.29 is 9.59 Å². The number of hydrogen-bond acceptors (Lipinski definition) is 4. The van der Waals surface area contributed by atoms with Gasteiger partial charge in [0.15, 0.2) is 5.78 Å². The molecular weight excluding hydrogens is 296 g/mol. The summed E-state index contributed by atoms with van der Waals surface area (Å²) in [5.41, 5.74) is 1.41. The average Bonchev–Trinajstić information content (AvgIpc) is 3.16. The zero-order chi connectivity index (χ0) is 15.9. The smallest absolute Gasteiger partial charge is 0.251 e. The van der Waals surface area contributed by atoms with Gasteiger partial charge in [-0.2, -0.15) is 16.4 Å². The molecule has 0 saturated heterocycles. The van der Waals surface area contributed by atoms with Crippen LogP contribution in [0.15, 0.2) is 21.9 Å². The summed E-state index contributed by atoms with van der Waals surface area (Å²) in [6, 6.07) is 1.76. The predicted molar refractivity (Wildman–Crippen MR) is 90.3 cm³/mol. The number of rotatable bonds is 3. The molecule has 1 aliphatic heterocycles. The number of hydrogen-bond donors (Lipinski definition) is 0. The van der Waals surface area contributed by atoms with Gasteiger partial charge in [0, 0.05) is 16.7 Å². The van der Waals surface area contributed by atoms with Crippen molar-refractivity contribution in [3.8, 4) is 0 Å². The fourth-order valence-electron chi connectivity index (χ4n) is 2.55. The van der Waals surface area contributed by atoms with E-state index < -0.39 is 0 Å². The van der Waals surface area contributed by atoms with Gasteiger partial charge in [0.2, 0.25) is 0 Å². The summed E-state index contributed by atoms with van der Waals surface area (Å²) in [7, 11) is 0. The molecule has 5 heteroatoms. The van der Waals surface area contributed by atoms with Gasteiger partial charge in [-0.15, -0.1) is 0 Å². The normalized spacial score (nSPS) is 21.2. The highest BCUT2D eigenvalue weighted by Crippen LogP contribution is 2.16. The van der Waals surface area contributed by atoms with Crippen LogP contribution in [0.5, 0.6) is 0 Å². The number of Topliss-reactive ketones (excluding diaryl/α,β-unsaturated/α-hetero) is 1. The molecule has 0 N–H and O–H groups in total. The lowest BCUT2D eigenvalue weighted by Crippen LogP contribution is -2.30. The first-order valence-corrected chi connectivity index (χ1v) is 8.95. The maximum Gasteiger partial charge on any atom is 0.251 e. The largest absolute Gasteiger partial charge is 0.292 e. The van der Waals surface area contributed by atoms with Crippen LogP contribution in [0.3, 0.4) is 0 Å². The maximum atomic E-state index is 11.8. The van der Waals surface area contributed by atoms with E-state index in [1.54, 1.807) is 25.3 Å². The van der Waals surface area contributed by atoms with Crippen molar-refractivity contribution in [1.82, 2.24) is 5.01 Å². The Hall–Kier alpha value is -1.49. The molecule has 1 amide bonds. The van der Waals surface area contributed by atoms with E-state index in [0.717, 1.165) is 5.71 Å². The van der Waals surface area contributed by atoms with Gasteiger partial charge >= 0.3 is 0 Å². The Morgan fingerprint density at radius 3 is 2.27 bits per heavy atom. The van der Waals surface area contributed by atoms with Crippen LogP contribution in [0.2, 0.25) is 0 Å². The molecule has 0 aromatic carbocycles. The first kappa shape index (κ1) is 16.9. The minimum atomic E-state index is -0.199. The molecule has 1 aromatic rings. The fraction of sp³-hybridized carbons (Fsp3) is 0.588. The van der Waals surface area contributed by atoms with E-state index in [4.69, 9.17) is 0 Å². The molecule has 1 aliphatic carbocycles. The summed E-state index contributed by atoms with van der Waals surface area (Å²) in [5.74, 6) is -0.364. The van der Waals surface area contributed by atoms with E-state index in [1.165, 1.54) is 54.9 Å². The molecule has 4 nitrogen and oxygen atoms in total. The van der Waals surface area contributed by atoms with Crippen molar-refractivity contribution in [2.24, 2.45) is 11.0 Å². The van der Waals surface area contributed by atoms with E-state index in [-0.39, 0.29) is 24.2 Å². The highest BCUT2D eigenvalue weighted by Gasteiger charge is 2.30. The van der Waals surface area contributed by atoms with Crippen LogP contribution in [0.25, 0.3) is 0 Å². The van der Waals surface area contributed by atoms with Crippen molar-refractivity contribution in [1.29, 1.82) is 0 Å². The zero-order valence-corrected chi connectivity index (χ0v) is 14.2. The Labute approximate surface area is 136 Å². The van der Waals surface area contributed by atoms with Gasteiger partial charge < -0.3 is 0 Å². The van der Waals surface area contributed by atoms with Crippen molar-refractivity contribution in [2.75, 3.05) is 6.54 Å². The van der Waals surface area contributed by atoms with Crippen LogP contribution >= 0.6 is 11.3 Å². The van der Waals surface area contributed by atoms with Gasteiger partial charge in [0.05, 0.1) is 5.92 Å². The molecule has 2 aliphatic rings. The number of hydrazone groups is 1. The quantitative estimate of drug-likeness (QED) is 0.786. The molecule has 1 fully saturated rings. The molecule has 0 unspecified atom stereocenters. The molecule has 0 radical (unpaired) electrons. The van der Waals surface area contributed by atoms with E-state index in [1.807, 2.05) is 5.38 Å². The van der Waals surface area contributed by atoms with Crippen LogP contribution in [-0.4, -0.2) is 29.0 Å². The van der Waals surface area contributed by atoms with Crippen LogP contribution in [0.1, 0.15) is 62.7 Å². The van der Waals surface area contributed by atoms with E-state index >= 15 is 0 Å². The number of amides is 1. The second-order valence-electron chi connectivity index (χ2n) is 5.92. The Morgan fingerprint density at radius 2 is 1.86 bits per heavy atom.